The van der Waals surface area contributed by atoms with Crippen LogP contribution in [0, 0.1) is 21.7 Å². The molecule has 0 aromatic heterocycles. The molecule has 1 aliphatic heterocycles. The van der Waals surface area contributed by atoms with E-state index >= 15 is 8.78 Å². The summed E-state index contributed by atoms with van der Waals surface area (Å²) in [7, 11) is 0. The van der Waals surface area contributed by atoms with Crippen molar-refractivity contribution >= 4 is 23.0 Å². The van der Waals surface area contributed by atoms with E-state index in [2.05, 4.69) is 5.32 Å². The monoisotopic (exact) mass is 478 g/mol. The van der Waals surface area contributed by atoms with Crippen LogP contribution >= 0.6 is 0 Å². The predicted molar refractivity (Wildman–Crippen MR) is 123 cm³/mol. The van der Waals surface area contributed by atoms with Gasteiger partial charge in [0.25, 0.3) is 0 Å². The molecule has 0 bridgehead atoms. The summed E-state index contributed by atoms with van der Waals surface area (Å²) in [4.78, 5) is 24.6. The van der Waals surface area contributed by atoms with E-state index in [1.807, 2.05) is 0 Å². The molecule has 184 valence electrons. The van der Waals surface area contributed by atoms with Crippen molar-refractivity contribution in [1.29, 1.82) is 0 Å². The first-order valence-corrected chi connectivity index (χ1v) is 11.1. The van der Waals surface area contributed by atoms with E-state index < -0.39 is 45.6 Å². The average molecular weight is 478 g/mol. The van der Waals surface area contributed by atoms with Gasteiger partial charge in [0.15, 0.2) is 17.3 Å². The summed E-state index contributed by atoms with van der Waals surface area (Å²) in [6.07, 6.45) is 0.755. The topological polar surface area (TPSA) is 131 Å². The van der Waals surface area contributed by atoms with Gasteiger partial charge in [0.05, 0.1) is 23.7 Å². The zero-order chi connectivity index (χ0) is 24.7. The third kappa shape index (κ3) is 5.78. The Kier molecular flexibility index (Phi) is 8.72. The molecular formula is C23H28F2N4O5. The van der Waals surface area contributed by atoms with Crippen molar-refractivity contribution in [1.82, 2.24) is 0 Å². The van der Waals surface area contributed by atoms with Crippen LogP contribution in [0.1, 0.15) is 24.0 Å². The summed E-state index contributed by atoms with van der Waals surface area (Å²) >= 11 is 0. The van der Waals surface area contributed by atoms with Crippen molar-refractivity contribution in [3.8, 4) is 0 Å². The Bertz CT molecular complexity index is 1020. The molecule has 0 aliphatic carbocycles. The Morgan fingerprint density at radius 1 is 1.21 bits per heavy atom. The minimum absolute atomic E-state index is 0.0396. The maximum Gasteiger partial charge on any atom is 0.326 e. The van der Waals surface area contributed by atoms with Crippen LogP contribution in [0.4, 0.5) is 25.8 Å². The maximum absolute atomic E-state index is 15.8. The zero-order valence-electron chi connectivity index (χ0n) is 18.6. The summed E-state index contributed by atoms with van der Waals surface area (Å²) in [6, 6.07) is 7.23. The van der Waals surface area contributed by atoms with Crippen LogP contribution in [0.15, 0.2) is 30.3 Å². The maximum atomic E-state index is 15.8. The average Bonchev–Trinajstić information content (AvgIpc) is 2.82. The second-order valence-electron chi connectivity index (χ2n) is 8.01. The molecule has 1 heterocycles. The van der Waals surface area contributed by atoms with E-state index in [9.17, 15) is 20.0 Å². The minimum Gasteiger partial charge on any atom is -0.480 e. The summed E-state index contributed by atoms with van der Waals surface area (Å²) in [5.41, 5.74) is 4.06. The molecule has 0 unspecified atom stereocenters. The Morgan fingerprint density at radius 3 is 2.47 bits per heavy atom. The summed E-state index contributed by atoms with van der Waals surface area (Å²) in [5, 5.41) is 24.3. The highest BCUT2D eigenvalue weighted by Gasteiger charge is 2.36. The van der Waals surface area contributed by atoms with Crippen molar-refractivity contribution in [3.05, 3.63) is 63.2 Å². The van der Waals surface area contributed by atoms with Crippen LogP contribution in [-0.2, 0) is 22.4 Å². The van der Waals surface area contributed by atoms with Gasteiger partial charge in [0.2, 0.25) is 0 Å². The molecule has 0 saturated carbocycles. The van der Waals surface area contributed by atoms with Crippen LogP contribution in [-0.4, -0.2) is 54.9 Å². The molecule has 3 rings (SSSR count). The number of carboxylic acid groups (broad SMARTS) is 1. The SMILES string of the molecule is NCCCCc1c(F)c(N2CCOCC2)c(F)c(N[C@@H](Cc2ccccc2)C(=O)O)c1[N+](=O)[O-]. The Balaban J connectivity index is 2.12. The predicted octanol–water partition coefficient (Wildman–Crippen LogP) is 3.10. The Morgan fingerprint density at radius 2 is 1.88 bits per heavy atom. The van der Waals surface area contributed by atoms with Crippen LogP contribution in [0.2, 0.25) is 0 Å². The lowest BCUT2D eigenvalue weighted by Crippen LogP contribution is -2.38. The quantitative estimate of drug-likeness (QED) is 0.255. The van der Waals surface area contributed by atoms with Gasteiger partial charge in [0, 0.05) is 19.5 Å². The molecule has 1 atom stereocenters. The number of hydrogen-bond donors (Lipinski definition) is 3. The normalized spacial score (nSPS) is 14.6. The van der Waals surface area contributed by atoms with Gasteiger partial charge in [0.1, 0.15) is 11.7 Å². The Hall–Kier alpha value is -3.31. The van der Waals surface area contributed by atoms with Gasteiger partial charge in [-0.3, -0.25) is 10.1 Å². The number of halogens is 2. The highest BCUT2D eigenvalue weighted by Crippen LogP contribution is 2.42. The number of nitrogens with one attached hydrogen (secondary N) is 1. The summed E-state index contributed by atoms with van der Waals surface area (Å²) in [5.74, 6) is -3.52. The van der Waals surface area contributed by atoms with E-state index in [0.717, 1.165) is 0 Å². The number of nitrogens with two attached hydrogens (primary N) is 1. The van der Waals surface area contributed by atoms with Crippen molar-refractivity contribution in [3.63, 3.8) is 0 Å². The van der Waals surface area contributed by atoms with Crippen LogP contribution in [0.5, 0.6) is 0 Å². The third-order valence-electron chi connectivity index (χ3n) is 5.71. The number of hydrogen-bond acceptors (Lipinski definition) is 7. The first-order chi connectivity index (χ1) is 16.3. The number of anilines is 2. The fourth-order valence-electron chi connectivity index (χ4n) is 4.01. The van der Waals surface area contributed by atoms with Crippen LogP contribution in [0.25, 0.3) is 0 Å². The number of unbranched alkanes of at least 4 members (excludes halogenated alkanes) is 1. The standard InChI is InChI=1S/C23H28F2N4O5/c24-18-16(8-4-5-9-26)21(29(32)33)20(19(25)22(18)28-10-12-34-13-11-28)27-17(23(30)31)14-15-6-2-1-3-7-15/h1-3,6-7,17,27H,4-5,8-14,26H2,(H,30,31)/t17-/m0/s1. The van der Waals surface area contributed by atoms with Gasteiger partial charge >= 0.3 is 11.7 Å². The van der Waals surface area contributed by atoms with Crippen LogP contribution < -0.4 is 16.0 Å². The molecule has 1 fully saturated rings. The van der Waals surface area contributed by atoms with E-state index in [4.69, 9.17) is 10.5 Å². The van der Waals surface area contributed by atoms with Gasteiger partial charge in [-0.15, -0.1) is 0 Å². The third-order valence-corrected chi connectivity index (χ3v) is 5.71. The number of rotatable bonds is 11. The largest absolute Gasteiger partial charge is 0.480 e. The number of nitro benzene ring substituents is 1. The first kappa shape index (κ1) is 25.3. The van der Waals surface area contributed by atoms with Gasteiger partial charge in [-0.2, -0.15) is 0 Å². The number of nitrogens with zero attached hydrogens (tertiary/aromatic N) is 2. The summed E-state index contributed by atoms with van der Waals surface area (Å²) in [6.45, 7) is 1.19. The Labute approximate surface area is 195 Å². The lowest BCUT2D eigenvalue weighted by atomic mass is 10.00. The highest BCUT2D eigenvalue weighted by molar-refractivity contribution is 5.82. The van der Waals surface area contributed by atoms with Crippen molar-refractivity contribution < 1.29 is 28.3 Å². The molecule has 2 aromatic carbocycles. The first-order valence-electron chi connectivity index (χ1n) is 11.1. The lowest BCUT2D eigenvalue weighted by Gasteiger charge is -2.31. The number of ether oxygens (including phenoxy) is 1. The van der Waals surface area contributed by atoms with Gasteiger partial charge < -0.3 is 25.8 Å². The van der Waals surface area contributed by atoms with E-state index in [1.165, 1.54) is 4.90 Å². The second kappa shape index (κ2) is 11.7. The number of benzene rings is 2. The van der Waals surface area contributed by atoms with Gasteiger partial charge in [-0.25, -0.2) is 13.6 Å². The van der Waals surface area contributed by atoms with Crippen molar-refractivity contribution in [2.75, 3.05) is 43.1 Å². The minimum atomic E-state index is -1.38. The molecule has 11 heteroatoms. The molecule has 9 nitrogen and oxygen atoms in total. The van der Waals surface area contributed by atoms with Gasteiger partial charge in [-0.05, 0) is 31.4 Å². The van der Waals surface area contributed by atoms with Crippen molar-refractivity contribution in [2.24, 2.45) is 5.73 Å². The number of nitro groups is 1. The highest BCUT2D eigenvalue weighted by atomic mass is 19.1. The molecule has 1 saturated heterocycles. The number of morpholine rings is 1. The second-order valence-corrected chi connectivity index (χ2v) is 8.01. The molecular weight excluding hydrogens is 450 g/mol. The fraction of sp³-hybridized carbons (Fsp3) is 0.435. The number of carboxylic acids is 1. The van der Waals surface area contributed by atoms with E-state index in [-0.39, 0.29) is 44.7 Å². The molecule has 0 radical (unpaired) electrons. The zero-order valence-corrected chi connectivity index (χ0v) is 18.6. The summed E-state index contributed by atoms with van der Waals surface area (Å²) < 4.78 is 36.6. The smallest absolute Gasteiger partial charge is 0.326 e. The van der Waals surface area contributed by atoms with Crippen LogP contribution in [0.3, 0.4) is 0 Å². The molecule has 1 aliphatic rings. The molecule has 34 heavy (non-hydrogen) atoms. The fourth-order valence-corrected chi connectivity index (χ4v) is 4.01. The molecule has 0 spiro atoms. The van der Waals surface area contributed by atoms with E-state index in [1.54, 1.807) is 30.3 Å². The lowest BCUT2D eigenvalue weighted by molar-refractivity contribution is -0.385. The van der Waals surface area contributed by atoms with Gasteiger partial charge in [-0.1, -0.05) is 30.3 Å². The van der Waals surface area contributed by atoms with E-state index in [0.29, 0.717) is 24.9 Å². The van der Waals surface area contributed by atoms with Crippen molar-refractivity contribution in [2.45, 2.75) is 31.7 Å². The number of aliphatic carboxylic acids is 1. The molecule has 0 amide bonds. The number of carbonyl (C=O) groups is 1. The molecule has 4 N–H and O–H groups in total. The molecule has 2 aromatic rings.